The molecule has 0 saturated carbocycles. The topological polar surface area (TPSA) is 56.7 Å². The molecule has 1 aromatic heterocycles. The maximum Gasteiger partial charge on any atom is 0.164 e. The SMILES string of the molecule is NCc1ncn(-c2cccc(Cl)c2)n1. The maximum atomic E-state index is 5.85. The van der Waals surface area contributed by atoms with Crippen LogP contribution in [0.4, 0.5) is 0 Å². The molecule has 0 atom stereocenters. The van der Waals surface area contributed by atoms with E-state index in [0.717, 1.165) is 5.69 Å². The molecule has 0 aliphatic heterocycles. The van der Waals surface area contributed by atoms with Crippen molar-refractivity contribution in [2.75, 3.05) is 0 Å². The Balaban J connectivity index is 2.39. The van der Waals surface area contributed by atoms with E-state index in [-0.39, 0.29) is 0 Å². The standard InChI is InChI=1S/C9H9ClN4/c10-7-2-1-3-8(4-7)14-6-12-9(5-11)13-14/h1-4,6H,5,11H2. The van der Waals surface area contributed by atoms with Crippen LogP contribution in [0.25, 0.3) is 5.69 Å². The van der Waals surface area contributed by atoms with Crippen molar-refractivity contribution in [3.8, 4) is 5.69 Å². The monoisotopic (exact) mass is 208 g/mol. The molecule has 0 radical (unpaired) electrons. The van der Waals surface area contributed by atoms with Crippen LogP contribution >= 0.6 is 11.6 Å². The highest BCUT2D eigenvalue weighted by Crippen LogP contribution is 2.13. The van der Waals surface area contributed by atoms with Gasteiger partial charge in [-0.2, -0.15) is 0 Å². The average Bonchev–Trinajstić information content (AvgIpc) is 2.66. The van der Waals surface area contributed by atoms with Crippen molar-refractivity contribution in [2.24, 2.45) is 5.73 Å². The first-order valence-electron chi connectivity index (χ1n) is 4.16. The number of nitrogens with zero attached hydrogens (tertiary/aromatic N) is 3. The predicted octanol–water partition coefficient (Wildman–Crippen LogP) is 1.38. The van der Waals surface area contributed by atoms with Crippen molar-refractivity contribution in [3.63, 3.8) is 0 Å². The van der Waals surface area contributed by atoms with Crippen LogP contribution in [0.15, 0.2) is 30.6 Å². The van der Waals surface area contributed by atoms with Crippen molar-refractivity contribution in [1.29, 1.82) is 0 Å². The van der Waals surface area contributed by atoms with Gasteiger partial charge in [0.15, 0.2) is 5.82 Å². The second-order valence-corrected chi connectivity index (χ2v) is 3.23. The van der Waals surface area contributed by atoms with Crippen LogP contribution in [0.2, 0.25) is 5.02 Å². The fourth-order valence-corrected chi connectivity index (χ4v) is 1.32. The van der Waals surface area contributed by atoms with E-state index in [0.29, 0.717) is 17.4 Å². The largest absolute Gasteiger partial charge is 0.324 e. The second kappa shape index (κ2) is 3.77. The van der Waals surface area contributed by atoms with Crippen molar-refractivity contribution >= 4 is 11.6 Å². The number of benzene rings is 1. The Bertz CT molecular complexity index is 438. The minimum atomic E-state index is 0.341. The van der Waals surface area contributed by atoms with Gasteiger partial charge in [-0.25, -0.2) is 9.67 Å². The van der Waals surface area contributed by atoms with Crippen LogP contribution in [0.1, 0.15) is 5.82 Å². The minimum absolute atomic E-state index is 0.341. The normalized spacial score (nSPS) is 10.4. The number of rotatable bonds is 2. The van der Waals surface area contributed by atoms with Gasteiger partial charge in [-0.15, -0.1) is 5.10 Å². The van der Waals surface area contributed by atoms with Crippen molar-refractivity contribution in [3.05, 3.63) is 41.4 Å². The second-order valence-electron chi connectivity index (χ2n) is 2.79. The van der Waals surface area contributed by atoms with Crippen LogP contribution in [0.3, 0.4) is 0 Å². The molecule has 1 aromatic carbocycles. The Kier molecular flexibility index (Phi) is 2.47. The zero-order valence-corrected chi connectivity index (χ0v) is 8.15. The van der Waals surface area contributed by atoms with Crippen molar-refractivity contribution in [2.45, 2.75) is 6.54 Å². The van der Waals surface area contributed by atoms with E-state index in [4.69, 9.17) is 17.3 Å². The van der Waals surface area contributed by atoms with Gasteiger partial charge in [-0.05, 0) is 18.2 Å². The predicted molar refractivity (Wildman–Crippen MR) is 54.3 cm³/mol. The summed E-state index contributed by atoms with van der Waals surface area (Å²) in [5.74, 6) is 0.616. The number of aromatic nitrogens is 3. The molecule has 5 heteroatoms. The van der Waals surface area contributed by atoms with Crippen molar-refractivity contribution in [1.82, 2.24) is 14.8 Å². The average molecular weight is 209 g/mol. The van der Waals surface area contributed by atoms with E-state index in [1.165, 1.54) is 0 Å². The molecule has 0 fully saturated rings. The molecule has 0 saturated heterocycles. The molecule has 1 heterocycles. The summed E-state index contributed by atoms with van der Waals surface area (Å²) >= 11 is 5.85. The van der Waals surface area contributed by atoms with Gasteiger partial charge < -0.3 is 5.73 Å². The van der Waals surface area contributed by atoms with E-state index in [9.17, 15) is 0 Å². The van der Waals surface area contributed by atoms with Crippen LogP contribution in [-0.4, -0.2) is 14.8 Å². The molecule has 0 amide bonds. The van der Waals surface area contributed by atoms with Crippen molar-refractivity contribution < 1.29 is 0 Å². The van der Waals surface area contributed by atoms with Gasteiger partial charge in [-0.3, -0.25) is 0 Å². The zero-order valence-electron chi connectivity index (χ0n) is 7.39. The van der Waals surface area contributed by atoms with Gasteiger partial charge >= 0.3 is 0 Å². The Morgan fingerprint density at radius 1 is 1.43 bits per heavy atom. The molecular formula is C9H9ClN4. The highest BCUT2D eigenvalue weighted by Gasteiger charge is 2.00. The Labute approximate surface area is 86.3 Å². The summed E-state index contributed by atoms with van der Waals surface area (Å²) < 4.78 is 1.65. The summed E-state index contributed by atoms with van der Waals surface area (Å²) in [5, 5.41) is 4.84. The molecule has 0 bridgehead atoms. The lowest BCUT2D eigenvalue weighted by Gasteiger charge is -1.99. The first-order valence-corrected chi connectivity index (χ1v) is 4.54. The fraction of sp³-hybridized carbons (Fsp3) is 0.111. The molecular weight excluding hydrogens is 200 g/mol. The van der Waals surface area contributed by atoms with Crippen LogP contribution in [0.5, 0.6) is 0 Å². The summed E-state index contributed by atoms with van der Waals surface area (Å²) in [5.41, 5.74) is 6.29. The summed E-state index contributed by atoms with van der Waals surface area (Å²) in [6.07, 6.45) is 1.62. The molecule has 2 rings (SSSR count). The third-order valence-corrected chi connectivity index (χ3v) is 2.03. The lowest BCUT2D eigenvalue weighted by Crippen LogP contribution is -2.00. The Morgan fingerprint density at radius 3 is 2.93 bits per heavy atom. The molecule has 2 N–H and O–H groups in total. The molecule has 72 valence electrons. The number of nitrogens with two attached hydrogens (primary N) is 1. The summed E-state index contributed by atoms with van der Waals surface area (Å²) in [6, 6.07) is 7.39. The fourth-order valence-electron chi connectivity index (χ4n) is 1.13. The number of hydrogen-bond donors (Lipinski definition) is 1. The molecule has 4 nitrogen and oxygen atoms in total. The van der Waals surface area contributed by atoms with Gasteiger partial charge in [0.2, 0.25) is 0 Å². The zero-order chi connectivity index (χ0) is 9.97. The summed E-state index contributed by atoms with van der Waals surface area (Å²) in [4.78, 5) is 4.02. The minimum Gasteiger partial charge on any atom is -0.324 e. The van der Waals surface area contributed by atoms with E-state index in [1.807, 2.05) is 24.3 Å². The first kappa shape index (κ1) is 9.18. The van der Waals surface area contributed by atoms with Gasteiger partial charge in [0.1, 0.15) is 6.33 Å². The maximum absolute atomic E-state index is 5.85. The molecule has 2 aromatic rings. The van der Waals surface area contributed by atoms with Gasteiger partial charge in [0.25, 0.3) is 0 Å². The molecule has 0 spiro atoms. The third kappa shape index (κ3) is 1.76. The van der Waals surface area contributed by atoms with E-state index >= 15 is 0 Å². The molecule has 0 unspecified atom stereocenters. The third-order valence-electron chi connectivity index (χ3n) is 1.79. The summed E-state index contributed by atoms with van der Waals surface area (Å²) in [7, 11) is 0. The lowest BCUT2D eigenvalue weighted by molar-refractivity contribution is 0.830. The molecule has 0 aliphatic carbocycles. The number of hydrogen-bond acceptors (Lipinski definition) is 3. The smallest absolute Gasteiger partial charge is 0.164 e. The molecule has 0 aliphatic rings. The van der Waals surface area contributed by atoms with E-state index < -0.39 is 0 Å². The number of halogens is 1. The summed E-state index contributed by atoms with van der Waals surface area (Å²) in [6.45, 7) is 0.341. The Morgan fingerprint density at radius 2 is 2.29 bits per heavy atom. The van der Waals surface area contributed by atoms with E-state index in [2.05, 4.69) is 10.1 Å². The van der Waals surface area contributed by atoms with Crippen LogP contribution in [-0.2, 0) is 6.54 Å². The lowest BCUT2D eigenvalue weighted by atomic mass is 10.3. The highest BCUT2D eigenvalue weighted by atomic mass is 35.5. The van der Waals surface area contributed by atoms with Crippen LogP contribution < -0.4 is 5.73 Å². The van der Waals surface area contributed by atoms with Gasteiger partial charge in [0.05, 0.1) is 12.2 Å². The van der Waals surface area contributed by atoms with E-state index in [1.54, 1.807) is 11.0 Å². The first-order chi connectivity index (χ1) is 6.79. The van der Waals surface area contributed by atoms with Gasteiger partial charge in [0, 0.05) is 5.02 Å². The molecule has 14 heavy (non-hydrogen) atoms. The Hall–Kier alpha value is -1.39. The highest BCUT2D eigenvalue weighted by molar-refractivity contribution is 6.30. The quantitative estimate of drug-likeness (QED) is 0.811. The van der Waals surface area contributed by atoms with Gasteiger partial charge in [-0.1, -0.05) is 17.7 Å². The van der Waals surface area contributed by atoms with Crippen LogP contribution in [0, 0.1) is 0 Å².